The summed E-state index contributed by atoms with van der Waals surface area (Å²) >= 11 is 0. The first kappa shape index (κ1) is 25.5. The zero-order valence-corrected chi connectivity index (χ0v) is 21.2. The number of rotatable bonds is 7. The topological polar surface area (TPSA) is 87.3 Å². The largest absolute Gasteiger partial charge is 0.372 e. The minimum atomic E-state index is -0.695. The van der Waals surface area contributed by atoms with Crippen molar-refractivity contribution in [1.29, 1.82) is 0 Å². The molecule has 5 rings (SSSR count). The molecule has 10 heteroatoms. The van der Waals surface area contributed by atoms with E-state index in [2.05, 4.69) is 26.7 Å². The second kappa shape index (κ2) is 11.4. The molecular weight excluding hydrogens is 579 g/mol. The molecule has 0 spiro atoms. The number of aromatic nitrogens is 1. The Balaban J connectivity index is 0.00000169. The fourth-order valence-electron chi connectivity index (χ4n) is 3.63. The van der Waals surface area contributed by atoms with Gasteiger partial charge in [-0.15, -0.1) is 29.5 Å². The molecule has 0 radical (unpaired) electrons. The van der Waals surface area contributed by atoms with Crippen molar-refractivity contribution in [2.24, 2.45) is 0 Å². The maximum atomic E-state index is 14.6. The summed E-state index contributed by atoms with van der Waals surface area (Å²) in [6.45, 7) is 0.440. The Morgan fingerprint density at radius 2 is 1.75 bits per heavy atom. The third-order valence-corrected chi connectivity index (χ3v) is 5.46. The monoisotopic (exact) mass is 605 g/mol. The lowest BCUT2D eigenvalue weighted by molar-refractivity contribution is 0.102. The van der Waals surface area contributed by atoms with Crippen LogP contribution in [0.5, 0.6) is 0 Å². The van der Waals surface area contributed by atoms with Gasteiger partial charge < -0.3 is 15.5 Å². The van der Waals surface area contributed by atoms with Crippen molar-refractivity contribution in [1.82, 2.24) is 10.5 Å². The number of pyridine rings is 1. The Hall–Kier alpha value is -3.61. The van der Waals surface area contributed by atoms with Gasteiger partial charge in [0.15, 0.2) is 5.82 Å². The van der Waals surface area contributed by atoms with Gasteiger partial charge in [0.2, 0.25) is 0 Å². The molecule has 0 saturated heterocycles. The molecule has 3 aromatic carbocycles. The molecule has 4 N–H and O–H groups in total. The summed E-state index contributed by atoms with van der Waals surface area (Å²) in [4.78, 5) is 17.2. The Bertz CT molecular complexity index is 1400. The first-order chi connectivity index (χ1) is 17.1. The van der Waals surface area contributed by atoms with E-state index >= 15 is 0 Å². The predicted octanol–water partition coefficient (Wildman–Crippen LogP) is 6.36. The van der Waals surface area contributed by atoms with Crippen LogP contribution >= 0.6 is 24.0 Å². The molecule has 36 heavy (non-hydrogen) atoms. The molecule has 1 aromatic heterocycles. The van der Waals surface area contributed by atoms with Crippen molar-refractivity contribution in [2.75, 3.05) is 16.2 Å². The lowest BCUT2D eigenvalue weighted by atomic mass is 10.1. The quantitative estimate of drug-likeness (QED) is 0.184. The molecule has 0 unspecified atom stereocenters. The Kier molecular flexibility index (Phi) is 8.08. The van der Waals surface area contributed by atoms with E-state index in [4.69, 9.17) is 4.74 Å². The van der Waals surface area contributed by atoms with E-state index in [1.807, 2.05) is 36.4 Å². The highest BCUT2D eigenvalue weighted by Crippen LogP contribution is 2.28. The van der Waals surface area contributed by atoms with E-state index in [1.54, 1.807) is 18.2 Å². The van der Waals surface area contributed by atoms with E-state index in [9.17, 15) is 13.6 Å². The van der Waals surface area contributed by atoms with Crippen LogP contribution in [-0.2, 0) is 18.0 Å². The first-order valence-corrected chi connectivity index (χ1v) is 10.9. The van der Waals surface area contributed by atoms with Crippen LogP contribution in [0.15, 0.2) is 78.9 Å². The van der Waals surface area contributed by atoms with Crippen molar-refractivity contribution in [3.05, 3.63) is 107 Å². The summed E-state index contributed by atoms with van der Waals surface area (Å²) in [5.74, 6) is -1.33. The molecule has 1 aliphatic rings. The van der Waals surface area contributed by atoms with Gasteiger partial charge in [0, 0.05) is 19.7 Å². The number of carbonyl (C=O) groups excluding carboxylic acids is 1. The molecule has 4 aromatic rings. The molecular formula is C26H26F2IN5O2. The van der Waals surface area contributed by atoms with Crippen LogP contribution in [0.1, 0.15) is 24.3 Å². The van der Waals surface area contributed by atoms with Gasteiger partial charge in [-0.25, -0.2) is 13.8 Å². The molecule has 188 valence electrons. The lowest BCUT2D eigenvalue weighted by Crippen LogP contribution is -2.19. The number of fused-ring (bicyclic) bond motifs is 1. The van der Waals surface area contributed by atoms with E-state index in [-0.39, 0.29) is 44.7 Å². The summed E-state index contributed by atoms with van der Waals surface area (Å²) in [5, 5.41) is 2.56. The molecule has 1 amide bonds. The summed E-state index contributed by atoms with van der Waals surface area (Å²) in [6, 6.07) is 21.6. The highest BCUT2D eigenvalue weighted by atomic mass is 127. The van der Waals surface area contributed by atoms with E-state index < -0.39 is 17.5 Å². The number of hydrazine groups is 2. The van der Waals surface area contributed by atoms with Crippen LogP contribution in [0.2, 0.25) is 0 Å². The number of nitrogens with one attached hydrogen (secondary N) is 4. The van der Waals surface area contributed by atoms with Crippen molar-refractivity contribution in [2.45, 2.75) is 13.2 Å². The molecule has 7 nitrogen and oxygen atoms in total. The van der Waals surface area contributed by atoms with Crippen LogP contribution in [0.4, 0.5) is 26.0 Å². The van der Waals surface area contributed by atoms with Gasteiger partial charge in [0.05, 0.1) is 30.2 Å². The standard InChI is InChI=1S/C26H21F2N5O2.HI.2H2/c27-21-9-7-17(23-10-11-24-25(30-23)32-33-31-24)12-20(21)26(34)29-19-8-6-18(22(28)13-19)15-35-14-16-4-2-1-3-5-16;;;/h1-13,31,33H,14-15H2,(H,29,34)(H,30,32);3*1H. The Labute approximate surface area is 226 Å². The smallest absolute Gasteiger partial charge is 0.258 e. The highest BCUT2D eigenvalue weighted by molar-refractivity contribution is 14.0. The second-order valence-electron chi connectivity index (χ2n) is 7.90. The van der Waals surface area contributed by atoms with Gasteiger partial charge in [-0.05, 0) is 48.0 Å². The summed E-state index contributed by atoms with van der Waals surface area (Å²) < 4.78 is 34.6. The zero-order valence-electron chi connectivity index (χ0n) is 18.8. The van der Waals surface area contributed by atoms with E-state index in [0.717, 1.165) is 11.3 Å². The molecule has 2 heterocycles. The molecule has 1 aliphatic heterocycles. The number of hydrogen-bond acceptors (Lipinski definition) is 6. The number of halogens is 3. The minimum Gasteiger partial charge on any atom is -0.372 e. The fraction of sp³-hybridized carbons (Fsp3) is 0.0769. The van der Waals surface area contributed by atoms with Gasteiger partial charge in [0.25, 0.3) is 5.91 Å². The van der Waals surface area contributed by atoms with Crippen molar-refractivity contribution >= 4 is 47.1 Å². The third-order valence-electron chi connectivity index (χ3n) is 5.46. The van der Waals surface area contributed by atoms with Gasteiger partial charge in [-0.1, -0.05) is 36.4 Å². The van der Waals surface area contributed by atoms with Gasteiger partial charge in [0.1, 0.15) is 11.6 Å². The van der Waals surface area contributed by atoms with Crippen molar-refractivity contribution in [3.63, 3.8) is 0 Å². The fourth-order valence-corrected chi connectivity index (χ4v) is 3.63. The predicted molar refractivity (Wildman–Crippen MR) is 149 cm³/mol. The van der Waals surface area contributed by atoms with Crippen molar-refractivity contribution < 1.29 is 21.2 Å². The molecule has 0 atom stereocenters. The third kappa shape index (κ3) is 5.78. The highest BCUT2D eigenvalue weighted by Gasteiger charge is 2.17. The second-order valence-corrected chi connectivity index (χ2v) is 7.90. The van der Waals surface area contributed by atoms with Crippen molar-refractivity contribution in [3.8, 4) is 11.3 Å². The summed E-state index contributed by atoms with van der Waals surface area (Å²) in [7, 11) is 0. The first-order valence-electron chi connectivity index (χ1n) is 10.9. The lowest BCUT2D eigenvalue weighted by Gasteiger charge is -2.11. The number of ether oxygens (including phenoxy) is 1. The normalized spacial score (nSPS) is 11.6. The summed E-state index contributed by atoms with van der Waals surface area (Å²) in [6.07, 6.45) is 0. The van der Waals surface area contributed by atoms with Gasteiger partial charge in [-0.2, -0.15) is 0 Å². The zero-order chi connectivity index (χ0) is 24.2. The number of nitrogens with zero attached hydrogens (tertiary/aromatic N) is 1. The number of benzene rings is 3. The Morgan fingerprint density at radius 3 is 2.56 bits per heavy atom. The van der Waals surface area contributed by atoms with Crippen LogP contribution in [0, 0.1) is 11.6 Å². The van der Waals surface area contributed by atoms with E-state index in [1.165, 1.54) is 24.3 Å². The van der Waals surface area contributed by atoms with Gasteiger partial charge in [-0.3, -0.25) is 10.2 Å². The number of anilines is 3. The maximum absolute atomic E-state index is 14.6. The van der Waals surface area contributed by atoms with Gasteiger partial charge >= 0.3 is 0 Å². The molecule has 0 fully saturated rings. The number of hydrogen-bond donors (Lipinski definition) is 4. The van der Waals surface area contributed by atoms with Crippen LogP contribution in [0.3, 0.4) is 0 Å². The SMILES string of the molecule is I.O=C(Nc1ccc(COCc2ccccc2)c(F)c1)c1cc(-c2ccc3c(n2)NNN3)ccc1F.[HH].[HH]. The van der Waals surface area contributed by atoms with Crippen LogP contribution < -0.4 is 21.7 Å². The van der Waals surface area contributed by atoms with Crippen LogP contribution in [-0.4, -0.2) is 10.9 Å². The number of amides is 1. The Morgan fingerprint density at radius 1 is 0.917 bits per heavy atom. The summed E-state index contributed by atoms with van der Waals surface area (Å²) in [5.41, 5.74) is 11.7. The molecule has 0 saturated carbocycles. The average molecular weight is 605 g/mol. The molecule has 0 aliphatic carbocycles. The molecule has 0 bridgehead atoms. The maximum Gasteiger partial charge on any atom is 0.258 e. The average Bonchev–Trinajstić information content (AvgIpc) is 3.34. The minimum absolute atomic E-state index is 0. The van der Waals surface area contributed by atoms with E-state index in [0.29, 0.717) is 29.2 Å². The number of carbonyl (C=O) groups is 1. The van der Waals surface area contributed by atoms with Crippen LogP contribution in [0.25, 0.3) is 11.3 Å².